The molecule has 0 spiro atoms. The predicted octanol–water partition coefficient (Wildman–Crippen LogP) is 4.13. The molecule has 0 saturated heterocycles. The number of rotatable bonds is 10. The van der Waals surface area contributed by atoms with Gasteiger partial charge in [0.2, 0.25) is 0 Å². The fourth-order valence-corrected chi connectivity index (χ4v) is 4.92. The first kappa shape index (κ1) is 27.6. The van der Waals surface area contributed by atoms with E-state index in [1.165, 1.54) is 30.5 Å². The van der Waals surface area contributed by atoms with Crippen LogP contribution < -0.4 is 10.6 Å². The molecule has 7 heteroatoms. The fourth-order valence-electron chi connectivity index (χ4n) is 4.92. The summed E-state index contributed by atoms with van der Waals surface area (Å²) in [5.74, 6) is 3.96. The molecule has 39 heavy (non-hydrogen) atoms. The van der Waals surface area contributed by atoms with Crippen molar-refractivity contribution in [1.29, 1.82) is 0 Å². The number of ketones is 1. The van der Waals surface area contributed by atoms with Gasteiger partial charge in [-0.25, -0.2) is 5.06 Å². The number of carbonyl (C=O) groups excluding carboxylic acids is 3. The zero-order valence-corrected chi connectivity index (χ0v) is 22.5. The van der Waals surface area contributed by atoms with Crippen molar-refractivity contribution in [1.82, 2.24) is 15.7 Å². The second-order valence-electron chi connectivity index (χ2n) is 9.73. The molecule has 7 nitrogen and oxygen atoms in total. The van der Waals surface area contributed by atoms with Gasteiger partial charge in [-0.3, -0.25) is 19.2 Å². The molecule has 4 rings (SSSR count). The van der Waals surface area contributed by atoms with Crippen molar-refractivity contribution in [2.24, 2.45) is 5.92 Å². The van der Waals surface area contributed by atoms with Crippen molar-refractivity contribution in [2.45, 2.75) is 31.7 Å². The Kier molecular flexibility index (Phi) is 8.48. The molecular weight excluding hydrogens is 490 g/mol. The van der Waals surface area contributed by atoms with Gasteiger partial charge in [0.1, 0.15) is 0 Å². The highest BCUT2D eigenvalue weighted by atomic mass is 16.7. The van der Waals surface area contributed by atoms with E-state index in [2.05, 4.69) is 59.4 Å². The number of amides is 2. The van der Waals surface area contributed by atoms with Gasteiger partial charge in [0, 0.05) is 30.5 Å². The van der Waals surface area contributed by atoms with Gasteiger partial charge in [0.15, 0.2) is 5.78 Å². The average molecular weight is 524 g/mol. The number of nitrogens with one attached hydrogen (secondary N) is 2. The van der Waals surface area contributed by atoms with Crippen molar-refractivity contribution in [3.8, 4) is 11.8 Å². The van der Waals surface area contributed by atoms with Crippen molar-refractivity contribution in [2.75, 3.05) is 20.7 Å². The zero-order chi connectivity index (χ0) is 28.0. The Labute approximate surface area is 229 Å². The van der Waals surface area contributed by atoms with Crippen LogP contribution in [0.15, 0.2) is 79.0 Å². The van der Waals surface area contributed by atoms with Gasteiger partial charge in [-0.1, -0.05) is 86.2 Å². The van der Waals surface area contributed by atoms with Gasteiger partial charge in [0.25, 0.3) is 5.91 Å². The first-order valence-electron chi connectivity index (χ1n) is 12.9. The van der Waals surface area contributed by atoms with E-state index in [4.69, 9.17) is 4.84 Å². The smallest absolute Gasteiger partial charge is 0.321 e. The molecule has 3 aromatic rings. The molecule has 200 valence electrons. The third kappa shape index (κ3) is 6.02. The summed E-state index contributed by atoms with van der Waals surface area (Å²) in [6, 6.07) is 22.0. The van der Waals surface area contributed by atoms with Gasteiger partial charge < -0.3 is 10.6 Å². The Morgan fingerprint density at radius 1 is 1.03 bits per heavy atom. The number of nitrogens with zero attached hydrogens (tertiary/aromatic N) is 1. The molecule has 1 unspecified atom stereocenters. The van der Waals surface area contributed by atoms with Gasteiger partial charge >= 0.3 is 5.91 Å². The van der Waals surface area contributed by atoms with Crippen LogP contribution in [0.2, 0.25) is 0 Å². The summed E-state index contributed by atoms with van der Waals surface area (Å²) in [4.78, 5) is 42.8. The summed E-state index contributed by atoms with van der Waals surface area (Å²) in [7, 11) is 2.82. The van der Waals surface area contributed by atoms with Crippen molar-refractivity contribution < 1.29 is 19.2 Å². The molecule has 1 saturated carbocycles. The number of hydrogen-bond acceptors (Lipinski definition) is 5. The van der Waals surface area contributed by atoms with Crippen molar-refractivity contribution >= 4 is 28.4 Å². The molecule has 0 bridgehead atoms. The molecule has 0 heterocycles. The molecule has 0 aliphatic heterocycles. The van der Waals surface area contributed by atoms with E-state index in [1.807, 2.05) is 43.3 Å². The van der Waals surface area contributed by atoms with Gasteiger partial charge in [-0.2, -0.15) is 0 Å². The number of hydrogen-bond donors (Lipinski definition) is 2. The quantitative estimate of drug-likeness (QED) is 0.181. The first-order valence-corrected chi connectivity index (χ1v) is 12.9. The molecule has 2 N–H and O–H groups in total. The monoisotopic (exact) mass is 523 g/mol. The lowest BCUT2D eigenvalue weighted by Gasteiger charge is -2.25. The predicted molar refractivity (Wildman–Crippen MR) is 151 cm³/mol. The minimum absolute atomic E-state index is 0.0678. The highest BCUT2D eigenvalue weighted by molar-refractivity contribution is 6.01. The van der Waals surface area contributed by atoms with E-state index >= 15 is 0 Å². The van der Waals surface area contributed by atoms with Gasteiger partial charge in [-0.05, 0) is 40.7 Å². The Morgan fingerprint density at radius 2 is 1.72 bits per heavy atom. The highest BCUT2D eigenvalue weighted by Gasteiger charge is 2.52. The molecule has 0 aromatic heterocycles. The van der Waals surface area contributed by atoms with E-state index in [9.17, 15) is 14.4 Å². The minimum Gasteiger partial charge on any atom is -0.370 e. The maximum atomic E-state index is 13.8. The molecule has 1 aliphatic rings. The summed E-state index contributed by atoms with van der Waals surface area (Å²) >= 11 is 0. The second kappa shape index (κ2) is 12.0. The summed E-state index contributed by atoms with van der Waals surface area (Å²) < 4.78 is 0. The molecule has 1 fully saturated rings. The topological polar surface area (TPSA) is 87.7 Å². The second-order valence-corrected chi connectivity index (χ2v) is 9.73. The SMILES string of the molecule is C=C(NCC#CC(=O)N(C)OC)C(=O)NCc1ccccc1C(=O)C(C)C1(c2cccc3ccccc23)CC1. The standard InChI is InChI=1S/C32H33N3O4/c1-22(32(18-19-32)28-16-9-13-24-11-5-7-14-26(24)28)30(37)27-15-8-6-12-25(27)21-34-31(38)23(2)33-20-10-17-29(36)35(3)39-4/h5-9,11-16,22,33H,2,18-21H2,1,3-4H3,(H,34,38). The zero-order valence-electron chi connectivity index (χ0n) is 22.5. The van der Waals surface area contributed by atoms with E-state index in [-0.39, 0.29) is 35.9 Å². The molecule has 2 amide bonds. The number of hydroxylamine groups is 2. The van der Waals surface area contributed by atoms with Crippen LogP contribution >= 0.6 is 0 Å². The van der Waals surface area contributed by atoms with E-state index in [1.54, 1.807) is 0 Å². The largest absolute Gasteiger partial charge is 0.370 e. The molecule has 3 aromatic carbocycles. The van der Waals surface area contributed by atoms with Crippen LogP contribution in [0.4, 0.5) is 0 Å². The first-order chi connectivity index (χ1) is 18.8. The number of fused-ring (bicyclic) bond motifs is 1. The average Bonchev–Trinajstić information content (AvgIpc) is 3.78. The molecule has 0 radical (unpaired) electrons. The maximum absolute atomic E-state index is 13.8. The Bertz CT molecular complexity index is 1470. The van der Waals surface area contributed by atoms with Crippen LogP contribution in [-0.4, -0.2) is 43.4 Å². The van der Waals surface area contributed by atoms with Crippen molar-refractivity contribution in [3.05, 3.63) is 95.7 Å². The summed E-state index contributed by atoms with van der Waals surface area (Å²) in [6.45, 7) is 6.01. The Morgan fingerprint density at radius 3 is 2.46 bits per heavy atom. The third-order valence-corrected chi connectivity index (χ3v) is 7.48. The van der Waals surface area contributed by atoms with Gasteiger partial charge in [0.05, 0.1) is 19.4 Å². The highest BCUT2D eigenvalue weighted by Crippen LogP contribution is 2.56. The van der Waals surface area contributed by atoms with Crippen LogP contribution in [0.3, 0.4) is 0 Å². The lowest BCUT2D eigenvalue weighted by molar-refractivity contribution is -0.161. The summed E-state index contributed by atoms with van der Waals surface area (Å²) in [5, 5.41) is 8.99. The van der Waals surface area contributed by atoms with Crippen LogP contribution in [0.1, 0.15) is 41.3 Å². The third-order valence-electron chi connectivity index (χ3n) is 7.48. The lowest BCUT2D eigenvalue weighted by Crippen LogP contribution is -2.32. The Hall–Kier alpha value is -4.41. The molecular formula is C32H33N3O4. The van der Waals surface area contributed by atoms with Crippen LogP contribution in [0.25, 0.3) is 10.8 Å². The van der Waals surface area contributed by atoms with Crippen LogP contribution in [-0.2, 0) is 26.4 Å². The summed E-state index contributed by atoms with van der Waals surface area (Å²) in [6.07, 6.45) is 1.93. The minimum atomic E-state index is -0.502. The van der Waals surface area contributed by atoms with Crippen molar-refractivity contribution in [3.63, 3.8) is 0 Å². The Balaban J connectivity index is 1.41. The lowest BCUT2D eigenvalue weighted by atomic mass is 9.77. The van der Waals surface area contributed by atoms with Crippen LogP contribution in [0.5, 0.6) is 0 Å². The van der Waals surface area contributed by atoms with E-state index < -0.39 is 11.8 Å². The van der Waals surface area contributed by atoms with Gasteiger partial charge in [-0.15, -0.1) is 0 Å². The molecule has 1 atom stereocenters. The van der Waals surface area contributed by atoms with Crippen LogP contribution in [0, 0.1) is 17.8 Å². The summed E-state index contributed by atoms with van der Waals surface area (Å²) in [5.41, 5.74) is 2.52. The normalized spacial score (nSPS) is 13.9. The maximum Gasteiger partial charge on any atom is 0.321 e. The number of Topliss-reactive ketones (excluding diaryl/α,β-unsaturated/α-hetero) is 1. The molecule has 1 aliphatic carbocycles. The number of carbonyl (C=O) groups is 3. The fraction of sp³-hybridized carbons (Fsp3) is 0.281. The van der Waals surface area contributed by atoms with E-state index in [0.717, 1.165) is 23.5 Å². The van der Waals surface area contributed by atoms with E-state index in [0.29, 0.717) is 5.56 Å². The number of benzene rings is 3.